The van der Waals surface area contributed by atoms with E-state index in [1.165, 1.54) is 5.56 Å². The van der Waals surface area contributed by atoms with Crippen molar-refractivity contribution in [2.75, 3.05) is 12.4 Å². The number of ether oxygens (including phenoxy) is 1. The molecule has 0 unspecified atom stereocenters. The van der Waals surface area contributed by atoms with Gasteiger partial charge in [0.1, 0.15) is 5.75 Å². The lowest BCUT2D eigenvalue weighted by Crippen LogP contribution is -2.00. The second-order valence-electron chi connectivity index (χ2n) is 3.81. The average molecular weight is 371 g/mol. The van der Waals surface area contributed by atoms with Gasteiger partial charge < -0.3 is 10.1 Å². The molecule has 0 aromatic heterocycles. The predicted octanol–water partition coefficient (Wildman–Crippen LogP) is 4.83. The molecule has 0 aliphatic carbocycles. The predicted molar refractivity (Wildman–Crippen MR) is 82.2 cm³/mol. The first kappa shape index (κ1) is 13.4. The first-order valence-corrected chi connectivity index (χ1v) is 7.10. The Kier molecular flexibility index (Phi) is 4.66. The van der Waals surface area contributed by atoms with Crippen molar-refractivity contribution < 1.29 is 4.74 Å². The molecule has 94 valence electrons. The summed E-state index contributed by atoms with van der Waals surface area (Å²) in [6.07, 6.45) is 0. The summed E-state index contributed by atoms with van der Waals surface area (Å²) in [5.74, 6) is 0.814. The van der Waals surface area contributed by atoms with E-state index in [-0.39, 0.29) is 0 Å². The van der Waals surface area contributed by atoms with E-state index in [4.69, 9.17) is 4.74 Å². The summed E-state index contributed by atoms with van der Waals surface area (Å²) >= 11 is 6.99. The fourth-order valence-corrected chi connectivity index (χ4v) is 2.91. The number of anilines is 1. The summed E-state index contributed by atoms with van der Waals surface area (Å²) < 4.78 is 7.22. The molecule has 0 fully saturated rings. The smallest absolute Gasteiger partial charge is 0.135 e. The van der Waals surface area contributed by atoms with Gasteiger partial charge in [0.05, 0.1) is 17.3 Å². The summed E-state index contributed by atoms with van der Waals surface area (Å²) in [6, 6.07) is 14.2. The maximum Gasteiger partial charge on any atom is 0.135 e. The molecule has 0 atom stereocenters. The maximum absolute atomic E-state index is 5.28. The number of nitrogens with one attached hydrogen (secondary N) is 1. The van der Waals surface area contributed by atoms with Crippen LogP contribution in [0, 0.1) is 0 Å². The van der Waals surface area contributed by atoms with Crippen LogP contribution in [0.5, 0.6) is 5.75 Å². The molecule has 0 aliphatic heterocycles. The van der Waals surface area contributed by atoms with Crippen molar-refractivity contribution in [1.82, 2.24) is 0 Å². The van der Waals surface area contributed by atoms with Gasteiger partial charge in [-0.1, -0.05) is 30.3 Å². The van der Waals surface area contributed by atoms with Crippen LogP contribution in [0.4, 0.5) is 5.69 Å². The third kappa shape index (κ3) is 3.27. The highest BCUT2D eigenvalue weighted by atomic mass is 79.9. The lowest BCUT2D eigenvalue weighted by molar-refractivity contribution is 0.412. The summed E-state index contributed by atoms with van der Waals surface area (Å²) in [6.45, 7) is 0.782. The van der Waals surface area contributed by atoms with Crippen molar-refractivity contribution in [3.63, 3.8) is 0 Å². The van der Waals surface area contributed by atoms with Crippen molar-refractivity contribution >= 4 is 37.5 Å². The number of hydrogen-bond acceptors (Lipinski definition) is 2. The third-order valence-electron chi connectivity index (χ3n) is 2.57. The van der Waals surface area contributed by atoms with Gasteiger partial charge in [-0.3, -0.25) is 0 Å². The second kappa shape index (κ2) is 6.25. The fraction of sp³-hybridized carbons (Fsp3) is 0.143. The lowest BCUT2D eigenvalue weighted by atomic mass is 10.2. The minimum absolute atomic E-state index is 0.782. The molecule has 2 rings (SSSR count). The van der Waals surface area contributed by atoms with E-state index in [0.29, 0.717) is 0 Å². The molecule has 0 amide bonds. The number of halogens is 2. The van der Waals surface area contributed by atoms with Crippen molar-refractivity contribution in [3.05, 3.63) is 57.0 Å². The van der Waals surface area contributed by atoms with Crippen LogP contribution < -0.4 is 10.1 Å². The number of benzene rings is 2. The number of hydrogen-bond donors (Lipinski definition) is 1. The molecule has 2 nitrogen and oxygen atoms in total. The Bertz CT molecular complexity index is 529. The SMILES string of the molecule is COc1cc(NCc2ccccc2)c(Br)cc1Br. The Morgan fingerprint density at radius 3 is 2.44 bits per heavy atom. The average Bonchev–Trinajstić information content (AvgIpc) is 2.39. The van der Waals surface area contributed by atoms with Gasteiger partial charge in [0.2, 0.25) is 0 Å². The van der Waals surface area contributed by atoms with Crippen molar-refractivity contribution in [2.45, 2.75) is 6.54 Å². The van der Waals surface area contributed by atoms with Gasteiger partial charge >= 0.3 is 0 Å². The van der Waals surface area contributed by atoms with Crippen molar-refractivity contribution in [2.24, 2.45) is 0 Å². The van der Waals surface area contributed by atoms with E-state index >= 15 is 0 Å². The summed E-state index contributed by atoms with van der Waals surface area (Å²) in [5, 5.41) is 3.38. The number of methoxy groups -OCH3 is 1. The molecule has 0 spiro atoms. The Hall–Kier alpha value is -1.000. The van der Waals surface area contributed by atoms with E-state index in [1.54, 1.807) is 7.11 Å². The van der Waals surface area contributed by atoms with Gasteiger partial charge in [0.25, 0.3) is 0 Å². The van der Waals surface area contributed by atoms with E-state index in [1.807, 2.05) is 30.3 Å². The molecule has 1 N–H and O–H groups in total. The monoisotopic (exact) mass is 369 g/mol. The summed E-state index contributed by atoms with van der Waals surface area (Å²) in [4.78, 5) is 0. The van der Waals surface area contributed by atoms with Gasteiger partial charge in [-0.25, -0.2) is 0 Å². The van der Waals surface area contributed by atoms with Gasteiger partial charge in [-0.15, -0.1) is 0 Å². The number of rotatable bonds is 4. The van der Waals surface area contributed by atoms with Gasteiger partial charge in [-0.2, -0.15) is 0 Å². The van der Waals surface area contributed by atoms with Gasteiger partial charge in [-0.05, 0) is 43.5 Å². The van der Waals surface area contributed by atoms with Crippen LogP contribution in [-0.2, 0) is 6.54 Å². The quantitative estimate of drug-likeness (QED) is 0.831. The van der Waals surface area contributed by atoms with E-state index in [9.17, 15) is 0 Å². The summed E-state index contributed by atoms with van der Waals surface area (Å²) in [5.41, 5.74) is 2.25. The largest absolute Gasteiger partial charge is 0.495 e. The zero-order valence-electron chi connectivity index (χ0n) is 9.91. The molecule has 4 heteroatoms. The molecule has 0 aliphatic rings. The molecular weight excluding hydrogens is 358 g/mol. The van der Waals surface area contributed by atoms with Crippen LogP contribution in [0.15, 0.2) is 51.4 Å². The van der Waals surface area contributed by atoms with Crippen LogP contribution in [0.3, 0.4) is 0 Å². The molecule has 18 heavy (non-hydrogen) atoms. The van der Waals surface area contributed by atoms with Gasteiger partial charge in [0, 0.05) is 17.1 Å². The van der Waals surface area contributed by atoms with Gasteiger partial charge in [0.15, 0.2) is 0 Å². The van der Waals surface area contributed by atoms with E-state index in [2.05, 4.69) is 49.3 Å². The van der Waals surface area contributed by atoms with Crippen LogP contribution in [0.1, 0.15) is 5.56 Å². The molecular formula is C14H13Br2NO. The Labute approximate surface area is 124 Å². The highest BCUT2D eigenvalue weighted by Gasteiger charge is 2.06. The Balaban J connectivity index is 2.14. The fourth-order valence-electron chi connectivity index (χ4n) is 1.61. The highest BCUT2D eigenvalue weighted by molar-refractivity contribution is 9.11. The van der Waals surface area contributed by atoms with Crippen LogP contribution in [0.2, 0.25) is 0 Å². The summed E-state index contributed by atoms with van der Waals surface area (Å²) in [7, 11) is 1.66. The minimum atomic E-state index is 0.782. The first-order valence-electron chi connectivity index (χ1n) is 5.51. The zero-order chi connectivity index (χ0) is 13.0. The topological polar surface area (TPSA) is 21.3 Å². The van der Waals surface area contributed by atoms with Crippen LogP contribution >= 0.6 is 31.9 Å². The standard InChI is InChI=1S/C14H13Br2NO/c1-18-14-8-13(11(15)7-12(14)16)17-9-10-5-3-2-4-6-10/h2-8,17H,9H2,1H3. The zero-order valence-corrected chi connectivity index (χ0v) is 13.1. The van der Waals surface area contributed by atoms with E-state index in [0.717, 1.165) is 26.9 Å². The van der Waals surface area contributed by atoms with Crippen LogP contribution in [0.25, 0.3) is 0 Å². The molecule has 0 heterocycles. The minimum Gasteiger partial charge on any atom is -0.495 e. The Morgan fingerprint density at radius 1 is 1.06 bits per heavy atom. The molecule has 0 saturated carbocycles. The Morgan fingerprint density at radius 2 is 1.78 bits per heavy atom. The first-order chi connectivity index (χ1) is 8.70. The molecule has 0 saturated heterocycles. The molecule has 2 aromatic rings. The van der Waals surface area contributed by atoms with Crippen molar-refractivity contribution in [1.29, 1.82) is 0 Å². The van der Waals surface area contributed by atoms with Crippen LogP contribution in [-0.4, -0.2) is 7.11 Å². The highest BCUT2D eigenvalue weighted by Crippen LogP contribution is 2.34. The van der Waals surface area contributed by atoms with E-state index < -0.39 is 0 Å². The third-order valence-corrected chi connectivity index (χ3v) is 3.84. The lowest BCUT2D eigenvalue weighted by Gasteiger charge is -2.12. The normalized spacial score (nSPS) is 10.2. The molecule has 0 radical (unpaired) electrons. The maximum atomic E-state index is 5.28. The molecule has 2 aromatic carbocycles. The molecule has 0 bridgehead atoms. The second-order valence-corrected chi connectivity index (χ2v) is 5.51. The van der Waals surface area contributed by atoms with Crippen molar-refractivity contribution in [3.8, 4) is 5.75 Å².